The van der Waals surface area contributed by atoms with Crippen molar-refractivity contribution < 1.29 is 4.42 Å². The summed E-state index contributed by atoms with van der Waals surface area (Å²) in [7, 11) is 0. The van der Waals surface area contributed by atoms with Crippen LogP contribution in [0.3, 0.4) is 0 Å². The van der Waals surface area contributed by atoms with Crippen molar-refractivity contribution in [2.75, 3.05) is 0 Å². The third kappa shape index (κ3) is 3.31. The quantitative estimate of drug-likeness (QED) is 0.253. The van der Waals surface area contributed by atoms with Gasteiger partial charge in [0.1, 0.15) is 17.7 Å². The molecule has 0 N–H and O–H groups in total. The third-order valence-corrected chi connectivity index (χ3v) is 7.47. The minimum absolute atomic E-state index is 0.890. The maximum absolute atomic E-state index is 6.20. The maximum atomic E-state index is 6.20. The number of aryl methyl sites for hydroxylation is 3. The van der Waals surface area contributed by atoms with Crippen LogP contribution in [0, 0.1) is 20.8 Å². The molecule has 0 aliphatic carbocycles. The van der Waals surface area contributed by atoms with E-state index in [0.29, 0.717) is 0 Å². The lowest BCUT2D eigenvalue weighted by molar-refractivity contribution is 0.614. The Balaban J connectivity index is 1.51. The van der Waals surface area contributed by atoms with Gasteiger partial charge in [-0.15, -0.1) is 0 Å². The monoisotopic (exact) mass is 478 g/mol. The highest BCUT2D eigenvalue weighted by Crippen LogP contribution is 2.39. The van der Waals surface area contributed by atoms with E-state index >= 15 is 0 Å². The van der Waals surface area contributed by atoms with Crippen molar-refractivity contribution in [3.63, 3.8) is 0 Å². The summed E-state index contributed by atoms with van der Waals surface area (Å²) in [5, 5.41) is 3.51. The fourth-order valence-corrected chi connectivity index (χ4v) is 5.81. The summed E-state index contributed by atoms with van der Waals surface area (Å²) < 4.78 is 8.48. The Bertz CT molecular complexity index is 1930. The van der Waals surface area contributed by atoms with Crippen molar-refractivity contribution in [3.8, 4) is 28.2 Å². The van der Waals surface area contributed by atoms with Gasteiger partial charge in [-0.1, -0.05) is 66.7 Å². The molecule has 37 heavy (non-hydrogen) atoms. The first-order chi connectivity index (χ1) is 18.1. The number of fused-ring (bicyclic) bond motifs is 3. The first kappa shape index (κ1) is 21.6. The van der Waals surface area contributed by atoms with Crippen LogP contribution >= 0.6 is 0 Å². The predicted molar refractivity (Wildman–Crippen MR) is 153 cm³/mol. The normalized spacial score (nSPS) is 11.6. The fraction of sp³-hybridized carbons (Fsp3) is 0.0882. The maximum Gasteiger partial charge on any atom is 0.149 e. The first-order valence-corrected chi connectivity index (χ1v) is 12.6. The predicted octanol–water partition coefficient (Wildman–Crippen LogP) is 9.18. The molecule has 3 nitrogen and oxygen atoms in total. The number of furan rings is 1. The standard InChI is InChI=1S/C34H26N2O/c1-21-17-26(18-22(2)32(21)24-11-5-4-6-12-24)36-31-16-10-9-15-30(31)35-34(36)29-20-37-33-23(3)27-14-8-7-13-25(27)19-28(29)33/h4-20H,1-3H3. The van der Waals surface area contributed by atoms with Crippen LogP contribution < -0.4 is 0 Å². The molecule has 178 valence electrons. The zero-order valence-corrected chi connectivity index (χ0v) is 21.1. The summed E-state index contributed by atoms with van der Waals surface area (Å²) in [4.78, 5) is 5.13. The second kappa shape index (κ2) is 8.21. The molecule has 0 unspecified atom stereocenters. The van der Waals surface area contributed by atoms with E-state index in [2.05, 4.69) is 116 Å². The van der Waals surface area contributed by atoms with Gasteiger partial charge in [0.05, 0.1) is 16.6 Å². The number of nitrogens with zero attached hydrogens (tertiary/aromatic N) is 2. The van der Waals surface area contributed by atoms with Crippen LogP contribution in [0.5, 0.6) is 0 Å². The van der Waals surface area contributed by atoms with E-state index in [4.69, 9.17) is 9.40 Å². The van der Waals surface area contributed by atoms with Crippen molar-refractivity contribution in [3.05, 3.63) is 120 Å². The Morgan fingerprint density at radius 2 is 1.41 bits per heavy atom. The largest absolute Gasteiger partial charge is 0.463 e. The van der Waals surface area contributed by atoms with Gasteiger partial charge >= 0.3 is 0 Å². The van der Waals surface area contributed by atoms with Crippen molar-refractivity contribution in [2.45, 2.75) is 20.8 Å². The number of hydrogen-bond acceptors (Lipinski definition) is 2. The topological polar surface area (TPSA) is 31.0 Å². The number of rotatable bonds is 3. The molecule has 7 rings (SSSR count). The van der Waals surface area contributed by atoms with Gasteiger partial charge in [-0.2, -0.15) is 0 Å². The second-order valence-corrected chi connectivity index (χ2v) is 9.83. The molecular formula is C34H26N2O. The number of aromatic nitrogens is 2. The summed E-state index contributed by atoms with van der Waals surface area (Å²) in [5.74, 6) is 0.890. The van der Waals surface area contributed by atoms with Crippen LogP contribution in [0.1, 0.15) is 16.7 Å². The van der Waals surface area contributed by atoms with E-state index in [1.54, 1.807) is 0 Å². The molecule has 2 aromatic heterocycles. The van der Waals surface area contributed by atoms with E-state index in [1.807, 2.05) is 12.3 Å². The van der Waals surface area contributed by atoms with Gasteiger partial charge in [0.25, 0.3) is 0 Å². The second-order valence-electron chi connectivity index (χ2n) is 9.83. The van der Waals surface area contributed by atoms with Crippen LogP contribution in [0.2, 0.25) is 0 Å². The molecule has 0 aliphatic rings. The molecule has 2 heterocycles. The molecule has 0 spiro atoms. The molecule has 0 amide bonds. The van der Waals surface area contributed by atoms with Crippen molar-refractivity contribution in [2.24, 2.45) is 0 Å². The Labute approximate surface area is 215 Å². The average molecular weight is 479 g/mol. The Kier molecular flexibility index (Phi) is 4.80. The number of imidazole rings is 1. The number of benzene rings is 5. The minimum atomic E-state index is 0.890. The molecule has 0 aliphatic heterocycles. The summed E-state index contributed by atoms with van der Waals surface area (Å²) in [6.07, 6.45) is 1.87. The molecule has 0 saturated heterocycles. The molecule has 0 radical (unpaired) electrons. The molecule has 7 aromatic rings. The fourth-order valence-electron chi connectivity index (χ4n) is 5.81. The smallest absolute Gasteiger partial charge is 0.149 e. The van der Waals surface area contributed by atoms with E-state index in [-0.39, 0.29) is 0 Å². The molecule has 0 bridgehead atoms. The number of hydrogen-bond donors (Lipinski definition) is 0. The highest BCUT2D eigenvalue weighted by atomic mass is 16.3. The lowest BCUT2D eigenvalue weighted by Crippen LogP contribution is -2.00. The summed E-state index contributed by atoms with van der Waals surface area (Å²) in [6, 6.07) is 34.2. The molecule has 5 aromatic carbocycles. The first-order valence-electron chi connectivity index (χ1n) is 12.6. The molecular weight excluding hydrogens is 452 g/mol. The van der Waals surface area contributed by atoms with Crippen LogP contribution in [0.15, 0.2) is 108 Å². The van der Waals surface area contributed by atoms with Gasteiger partial charge in [-0.05, 0) is 84.1 Å². The zero-order chi connectivity index (χ0) is 25.1. The van der Waals surface area contributed by atoms with Gasteiger partial charge in [0.2, 0.25) is 0 Å². The minimum Gasteiger partial charge on any atom is -0.463 e. The molecule has 0 fully saturated rings. The van der Waals surface area contributed by atoms with E-state index < -0.39 is 0 Å². The van der Waals surface area contributed by atoms with Crippen LogP contribution in [-0.4, -0.2) is 9.55 Å². The van der Waals surface area contributed by atoms with E-state index in [9.17, 15) is 0 Å². The molecule has 0 saturated carbocycles. The highest BCUT2D eigenvalue weighted by Gasteiger charge is 2.21. The van der Waals surface area contributed by atoms with Gasteiger partial charge in [0, 0.05) is 16.6 Å². The van der Waals surface area contributed by atoms with Gasteiger partial charge in [-0.25, -0.2) is 4.98 Å². The Morgan fingerprint density at radius 3 is 2.22 bits per heavy atom. The molecule has 0 atom stereocenters. The highest BCUT2D eigenvalue weighted by molar-refractivity contribution is 6.05. The summed E-state index contributed by atoms with van der Waals surface area (Å²) in [5.41, 5.74) is 11.2. The van der Waals surface area contributed by atoms with Crippen LogP contribution in [0.4, 0.5) is 0 Å². The number of para-hydroxylation sites is 2. The van der Waals surface area contributed by atoms with Gasteiger partial charge < -0.3 is 4.42 Å². The lowest BCUT2D eigenvalue weighted by atomic mass is 9.95. The van der Waals surface area contributed by atoms with Crippen LogP contribution in [-0.2, 0) is 0 Å². The zero-order valence-electron chi connectivity index (χ0n) is 21.1. The van der Waals surface area contributed by atoms with Crippen molar-refractivity contribution in [1.82, 2.24) is 9.55 Å². The van der Waals surface area contributed by atoms with E-state index in [0.717, 1.165) is 44.6 Å². The SMILES string of the molecule is Cc1cc(-n2c(-c3coc4c(C)c5ccccc5cc34)nc3ccccc32)cc(C)c1-c1ccccc1. The van der Waals surface area contributed by atoms with Crippen molar-refractivity contribution >= 4 is 32.8 Å². The van der Waals surface area contributed by atoms with E-state index in [1.165, 1.54) is 33.0 Å². The van der Waals surface area contributed by atoms with Gasteiger partial charge in [0.15, 0.2) is 0 Å². The summed E-state index contributed by atoms with van der Waals surface area (Å²) in [6.45, 7) is 6.52. The van der Waals surface area contributed by atoms with Crippen molar-refractivity contribution in [1.29, 1.82) is 0 Å². The Morgan fingerprint density at radius 1 is 0.703 bits per heavy atom. The third-order valence-electron chi connectivity index (χ3n) is 7.47. The average Bonchev–Trinajstić information content (AvgIpc) is 3.50. The Hall–Kier alpha value is -4.63. The summed E-state index contributed by atoms with van der Waals surface area (Å²) >= 11 is 0. The van der Waals surface area contributed by atoms with Gasteiger partial charge in [-0.3, -0.25) is 4.57 Å². The molecule has 3 heteroatoms. The lowest BCUT2D eigenvalue weighted by Gasteiger charge is -2.16. The van der Waals surface area contributed by atoms with Crippen LogP contribution in [0.25, 0.3) is 61.0 Å².